The first kappa shape index (κ1) is 17.2. The molecule has 1 saturated heterocycles. The molecule has 1 heterocycles. The number of hydrogen-bond acceptors (Lipinski definition) is 3. The Morgan fingerprint density at radius 1 is 1.19 bits per heavy atom. The Morgan fingerprint density at radius 2 is 1.95 bits per heavy atom. The predicted octanol–water partition coefficient (Wildman–Crippen LogP) is 3.44. The molecule has 1 N–H and O–H groups in total. The zero-order valence-electron chi connectivity index (χ0n) is 14.5. The fraction of sp³-hybridized carbons (Fsp3) is 1.00. The lowest BCUT2D eigenvalue weighted by Crippen LogP contribution is -2.66. The van der Waals surface area contributed by atoms with E-state index in [-0.39, 0.29) is 0 Å². The summed E-state index contributed by atoms with van der Waals surface area (Å²) in [5, 5.41) is 3.95. The van der Waals surface area contributed by atoms with E-state index in [0.717, 1.165) is 32.1 Å². The summed E-state index contributed by atoms with van der Waals surface area (Å²) < 4.78 is 5.76. The first-order chi connectivity index (χ1) is 10.2. The summed E-state index contributed by atoms with van der Waals surface area (Å²) >= 11 is 0. The van der Waals surface area contributed by atoms with Gasteiger partial charge in [0.15, 0.2) is 0 Å². The van der Waals surface area contributed by atoms with Gasteiger partial charge in [0.05, 0.1) is 6.61 Å². The van der Waals surface area contributed by atoms with E-state index in [1.165, 1.54) is 51.6 Å². The second kappa shape index (κ2) is 8.50. The molecule has 21 heavy (non-hydrogen) atoms. The second-order valence-electron chi connectivity index (χ2n) is 7.26. The van der Waals surface area contributed by atoms with Crippen LogP contribution in [0, 0.1) is 5.92 Å². The normalized spacial score (nSPS) is 27.9. The molecule has 2 atom stereocenters. The molecule has 3 nitrogen and oxygen atoms in total. The molecule has 3 heteroatoms. The molecule has 1 saturated carbocycles. The van der Waals surface area contributed by atoms with Crippen LogP contribution in [0.25, 0.3) is 0 Å². The maximum Gasteiger partial charge on any atom is 0.0593 e. The molecule has 0 aromatic rings. The van der Waals surface area contributed by atoms with Gasteiger partial charge < -0.3 is 10.1 Å². The highest BCUT2D eigenvalue weighted by Gasteiger charge is 2.40. The van der Waals surface area contributed by atoms with Crippen molar-refractivity contribution in [3.63, 3.8) is 0 Å². The molecule has 2 aliphatic rings. The number of nitrogens with one attached hydrogen (secondary N) is 1. The van der Waals surface area contributed by atoms with E-state index in [1.54, 1.807) is 0 Å². The topological polar surface area (TPSA) is 24.5 Å². The van der Waals surface area contributed by atoms with Crippen LogP contribution in [0.5, 0.6) is 0 Å². The Morgan fingerprint density at radius 3 is 2.62 bits per heavy atom. The number of rotatable bonds is 7. The van der Waals surface area contributed by atoms with Gasteiger partial charge in [-0.3, -0.25) is 4.90 Å². The van der Waals surface area contributed by atoms with E-state index >= 15 is 0 Å². The van der Waals surface area contributed by atoms with Crippen LogP contribution < -0.4 is 5.32 Å². The van der Waals surface area contributed by atoms with Crippen LogP contribution in [0.1, 0.15) is 65.7 Å². The fourth-order valence-electron chi connectivity index (χ4n) is 4.08. The first-order valence-corrected chi connectivity index (χ1v) is 9.27. The van der Waals surface area contributed by atoms with Gasteiger partial charge in [-0.1, -0.05) is 46.5 Å². The number of nitrogens with zero attached hydrogens (tertiary/aromatic N) is 1. The lowest BCUT2D eigenvalue weighted by molar-refractivity contribution is 0.00961. The highest BCUT2D eigenvalue weighted by molar-refractivity contribution is 5.00. The number of hydrogen-bond donors (Lipinski definition) is 1. The van der Waals surface area contributed by atoms with Crippen molar-refractivity contribution < 1.29 is 4.74 Å². The van der Waals surface area contributed by atoms with Crippen LogP contribution in [-0.2, 0) is 4.74 Å². The largest absolute Gasteiger partial charge is 0.380 e. The molecular weight excluding hydrogens is 260 g/mol. The van der Waals surface area contributed by atoms with E-state index in [2.05, 4.69) is 31.0 Å². The number of piperazine rings is 1. The smallest absolute Gasteiger partial charge is 0.0593 e. The van der Waals surface area contributed by atoms with Crippen LogP contribution in [-0.4, -0.2) is 49.3 Å². The summed E-state index contributed by atoms with van der Waals surface area (Å²) in [7, 11) is 0. The first-order valence-electron chi connectivity index (χ1n) is 9.27. The van der Waals surface area contributed by atoms with Crippen molar-refractivity contribution in [1.82, 2.24) is 10.2 Å². The van der Waals surface area contributed by atoms with Crippen molar-refractivity contribution in [3.05, 3.63) is 0 Å². The van der Waals surface area contributed by atoms with Crippen LogP contribution in [0.15, 0.2) is 0 Å². The molecular formula is C18H36N2O. The summed E-state index contributed by atoms with van der Waals surface area (Å²) in [6.45, 7) is 12.2. The van der Waals surface area contributed by atoms with Crippen LogP contribution in [0.2, 0.25) is 0 Å². The zero-order chi connectivity index (χ0) is 15.1. The van der Waals surface area contributed by atoms with Gasteiger partial charge >= 0.3 is 0 Å². The van der Waals surface area contributed by atoms with E-state index < -0.39 is 0 Å². The Labute approximate surface area is 131 Å². The maximum absolute atomic E-state index is 5.76. The summed E-state index contributed by atoms with van der Waals surface area (Å²) in [5.41, 5.74) is 0.410. The third-order valence-corrected chi connectivity index (χ3v) is 5.64. The molecule has 124 valence electrons. The van der Waals surface area contributed by atoms with Crippen molar-refractivity contribution in [3.8, 4) is 0 Å². The van der Waals surface area contributed by atoms with Crippen molar-refractivity contribution in [2.24, 2.45) is 5.92 Å². The average molecular weight is 296 g/mol. The van der Waals surface area contributed by atoms with Crippen molar-refractivity contribution in [2.45, 2.75) is 77.3 Å². The molecule has 1 aliphatic heterocycles. The molecule has 2 fully saturated rings. The molecule has 0 amide bonds. The van der Waals surface area contributed by atoms with Gasteiger partial charge in [0.25, 0.3) is 0 Å². The van der Waals surface area contributed by atoms with E-state index in [1.807, 2.05) is 0 Å². The Balaban J connectivity index is 1.93. The minimum atomic E-state index is 0.410. The van der Waals surface area contributed by atoms with Crippen molar-refractivity contribution >= 4 is 0 Å². The average Bonchev–Trinajstić information content (AvgIpc) is 2.52. The van der Waals surface area contributed by atoms with E-state index in [4.69, 9.17) is 4.74 Å². The monoisotopic (exact) mass is 296 g/mol. The molecule has 2 rings (SSSR count). The van der Waals surface area contributed by atoms with Gasteiger partial charge in [-0.25, -0.2) is 0 Å². The quantitative estimate of drug-likeness (QED) is 0.728. The predicted molar refractivity (Wildman–Crippen MR) is 89.7 cm³/mol. The lowest BCUT2D eigenvalue weighted by Gasteiger charge is -2.51. The van der Waals surface area contributed by atoms with Crippen molar-refractivity contribution in [1.29, 1.82) is 0 Å². The van der Waals surface area contributed by atoms with Gasteiger partial charge in [-0.2, -0.15) is 0 Å². The van der Waals surface area contributed by atoms with E-state index in [9.17, 15) is 0 Å². The highest BCUT2D eigenvalue weighted by atomic mass is 16.5. The molecule has 0 aromatic carbocycles. The summed E-state index contributed by atoms with van der Waals surface area (Å²) in [6.07, 6.45) is 9.37. The Bertz CT molecular complexity index is 289. The summed E-state index contributed by atoms with van der Waals surface area (Å²) in [5.74, 6) is 0.768. The van der Waals surface area contributed by atoms with Crippen molar-refractivity contribution in [2.75, 3.05) is 32.8 Å². The van der Waals surface area contributed by atoms with Gasteiger partial charge in [-0.15, -0.1) is 0 Å². The maximum atomic E-state index is 5.76. The van der Waals surface area contributed by atoms with Crippen LogP contribution in [0.3, 0.4) is 0 Å². The standard InChI is InChI=1S/C18H36N2O/c1-4-12-21-13-11-20-15-18(9-7-6-8-10-18)19-14-17(20)16(3)5-2/h16-17,19H,4-15H2,1-3H3. The third-order valence-electron chi connectivity index (χ3n) is 5.64. The SMILES string of the molecule is CCCOCCN1CC2(CCCCC2)NCC1C(C)CC. The summed E-state index contributed by atoms with van der Waals surface area (Å²) in [6, 6.07) is 0.688. The second-order valence-corrected chi connectivity index (χ2v) is 7.26. The number of ether oxygens (including phenoxy) is 1. The zero-order valence-corrected chi connectivity index (χ0v) is 14.5. The lowest BCUT2D eigenvalue weighted by atomic mass is 9.78. The third kappa shape index (κ3) is 4.67. The molecule has 0 aromatic heterocycles. The Kier molecular flexibility index (Phi) is 6.97. The Hall–Kier alpha value is -0.120. The molecule has 0 bridgehead atoms. The van der Waals surface area contributed by atoms with Gasteiger partial charge in [-0.05, 0) is 25.2 Å². The molecule has 2 unspecified atom stereocenters. The molecule has 1 spiro atoms. The van der Waals surface area contributed by atoms with Crippen LogP contribution in [0.4, 0.5) is 0 Å². The minimum Gasteiger partial charge on any atom is -0.380 e. The fourth-order valence-corrected chi connectivity index (χ4v) is 4.08. The summed E-state index contributed by atoms with van der Waals surface area (Å²) in [4.78, 5) is 2.74. The van der Waals surface area contributed by atoms with Gasteiger partial charge in [0.1, 0.15) is 0 Å². The molecule has 0 radical (unpaired) electrons. The van der Waals surface area contributed by atoms with Gasteiger partial charge in [0.2, 0.25) is 0 Å². The van der Waals surface area contributed by atoms with E-state index in [0.29, 0.717) is 11.6 Å². The highest BCUT2D eigenvalue weighted by Crippen LogP contribution is 2.33. The van der Waals surface area contributed by atoms with Crippen LogP contribution >= 0.6 is 0 Å². The van der Waals surface area contributed by atoms with Gasteiger partial charge in [0, 0.05) is 37.8 Å². The molecule has 1 aliphatic carbocycles. The minimum absolute atomic E-state index is 0.410.